The van der Waals surface area contributed by atoms with Crippen LogP contribution < -0.4 is 25.8 Å². The van der Waals surface area contributed by atoms with Crippen molar-refractivity contribution in [3.8, 4) is 11.5 Å². The van der Waals surface area contributed by atoms with Gasteiger partial charge in [0.25, 0.3) is 0 Å². The largest absolute Gasteiger partial charge is 0.486 e. The van der Waals surface area contributed by atoms with E-state index in [4.69, 9.17) is 15.2 Å². The average Bonchev–Trinajstić information content (AvgIpc) is 2.42. The van der Waals surface area contributed by atoms with Crippen LogP contribution in [0.3, 0.4) is 0 Å². The third-order valence-corrected chi connectivity index (χ3v) is 3.28. The third kappa shape index (κ3) is 2.34. The molecule has 0 spiro atoms. The Hall–Kier alpha value is -2.44. The molecule has 2 heterocycles. The van der Waals surface area contributed by atoms with Crippen LogP contribution in [0.2, 0.25) is 0 Å². The molecule has 106 valence electrons. The quantitative estimate of drug-likeness (QED) is 0.529. The number of nitrogens with one attached hydrogen (secondary N) is 2. The van der Waals surface area contributed by atoms with E-state index in [2.05, 4.69) is 10.6 Å². The highest BCUT2D eigenvalue weighted by molar-refractivity contribution is 6.01. The summed E-state index contributed by atoms with van der Waals surface area (Å²) < 4.78 is 10.9. The Morgan fingerprint density at radius 1 is 1.20 bits per heavy atom. The van der Waals surface area contributed by atoms with Crippen molar-refractivity contribution in [3.63, 3.8) is 0 Å². The number of anilines is 2. The summed E-state index contributed by atoms with van der Waals surface area (Å²) in [6, 6.07) is 2.91. The maximum absolute atomic E-state index is 11.7. The van der Waals surface area contributed by atoms with Crippen molar-refractivity contribution < 1.29 is 19.1 Å². The summed E-state index contributed by atoms with van der Waals surface area (Å²) in [5, 5.41) is 5.34. The Labute approximate surface area is 115 Å². The minimum atomic E-state index is -0.474. The first kappa shape index (κ1) is 12.6. The van der Waals surface area contributed by atoms with Gasteiger partial charge in [-0.1, -0.05) is 0 Å². The number of amides is 2. The van der Waals surface area contributed by atoms with Crippen LogP contribution in [0.25, 0.3) is 0 Å². The van der Waals surface area contributed by atoms with Crippen molar-refractivity contribution in [2.75, 3.05) is 24.3 Å². The van der Waals surface area contributed by atoms with Crippen molar-refractivity contribution >= 4 is 23.2 Å². The van der Waals surface area contributed by atoms with Gasteiger partial charge in [0.05, 0.1) is 11.4 Å². The van der Waals surface area contributed by atoms with Crippen LogP contribution >= 0.6 is 0 Å². The zero-order valence-corrected chi connectivity index (χ0v) is 10.8. The molecule has 1 aromatic carbocycles. The lowest BCUT2D eigenvalue weighted by molar-refractivity contribution is -0.133. The average molecular weight is 277 g/mol. The number of ether oxygens (including phenoxy) is 2. The van der Waals surface area contributed by atoms with Gasteiger partial charge in [-0.15, -0.1) is 0 Å². The number of carbonyl (C=O) groups excluding carboxylic acids is 2. The molecule has 0 radical (unpaired) electrons. The van der Waals surface area contributed by atoms with Crippen molar-refractivity contribution in [3.05, 3.63) is 12.1 Å². The third-order valence-electron chi connectivity index (χ3n) is 3.28. The van der Waals surface area contributed by atoms with E-state index in [0.29, 0.717) is 48.9 Å². The molecule has 2 aliphatic rings. The summed E-state index contributed by atoms with van der Waals surface area (Å²) in [6.07, 6.45) is 0.756. The van der Waals surface area contributed by atoms with Gasteiger partial charge in [-0.3, -0.25) is 14.9 Å². The maximum Gasteiger partial charge on any atom is 0.249 e. The van der Waals surface area contributed by atoms with E-state index in [1.54, 1.807) is 12.1 Å². The Bertz CT molecular complexity index is 573. The number of nitrogens with two attached hydrogens (primary N) is 1. The molecule has 1 atom stereocenters. The van der Waals surface area contributed by atoms with E-state index in [1.165, 1.54) is 0 Å². The minimum Gasteiger partial charge on any atom is -0.486 e. The van der Waals surface area contributed by atoms with Gasteiger partial charge in [-0.25, -0.2) is 0 Å². The summed E-state index contributed by atoms with van der Waals surface area (Å²) in [7, 11) is 0. The van der Waals surface area contributed by atoms with Gasteiger partial charge in [0, 0.05) is 18.6 Å². The van der Waals surface area contributed by atoms with Crippen LogP contribution in [-0.2, 0) is 9.59 Å². The van der Waals surface area contributed by atoms with Crippen LogP contribution in [0.4, 0.5) is 11.4 Å². The predicted molar refractivity (Wildman–Crippen MR) is 71.6 cm³/mol. The van der Waals surface area contributed by atoms with Gasteiger partial charge in [-0.05, 0) is 6.42 Å². The molecule has 4 N–H and O–H groups in total. The van der Waals surface area contributed by atoms with Crippen molar-refractivity contribution in [1.29, 1.82) is 0 Å². The van der Waals surface area contributed by atoms with Crippen LogP contribution in [0.1, 0.15) is 12.8 Å². The van der Waals surface area contributed by atoms with Gasteiger partial charge in [-0.2, -0.15) is 0 Å². The number of carbonyl (C=O) groups is 2. The maximum atomic E-state index is 11.7. The van der Waals surface area contributed by atoms with Crippen molar-refractivity contribution in [2.45, 2.75) is 18.9 Å². The first-order valence-electron chi connectivity index (χ1n) is 6.43. The molecule has 1 fully saturated rings. The second-order valence-electron chi connectivity index (χ2n) is 4.73. The number of fused-ring (bicyclic) bond motifs is 1. The van der Waals surface area contributed by atoms with E-state index in [1.807, 2.05) is 0 Å². The fourth-order valence-electron chi connectivity index (χ4n) is 2.25. The number of hydrogen-bond acceptors (Lipinski definition) is 6. The summed E-state index contributed by atoms with van der Waals surface area (Å²) >= 11 is 0. The molecule has 1 unspecified atom stereocenters. The molecule has 20 heavy (non-hydrogen) atoms. The monoisotopic (exact) mass is 277 g/mol. The SMILES string of the molecule is Nc1cc2c(cc1NC1CCC(=O)NC1=O)OCCO2. The molecule has 2 amide bonds. The fraction of sp³-hybridized carbons (Fsp3) is 0.385. The van der Waals surface area contributed by atoms with Gasteiger partial charge < -0.3 is 20.5 Å². The molecule has 0 aromatic heterocycles. The standard InChI is InChI=1S/C13H15N3O4/c14-7-5-10-11(20-4-3-19-10)6-9(7)15-8-1-2-12(17)16-13(8)18/h5-6,8,15H,1-4,14H2,(H,16,17,18). The molecular formula is C13H15N3O4. The summed E-state index contributed by atoms with van der Waals surface area (Å²) in [5.41, 5.74) is 7.01. The van der Waals surface area contributed by atoms with E-state index in [0.717, 1.165) is 0 Å². The predicted octanol–water partition coefficient (Wildman–Crippen LogP) is 0.257. The zero-order chi connectivity index (χ0) is 14.1. The molecule has 3 rings (SSSR count). The highest BCUT2D eigenvalue weighted by Gasteiger charge is 2.27. The molecule has 1 aromatic rings. The minimum absolute atomic E-state index is 0.247. The zero-order valence-electron chi connectivity index (χ0n) is 10.8. The number of benzene rings is 1. The van der Waals surface area contributed by atoms with E-state index in [-0.39, 0.29) is 11.8 Å². The second kappa shape index (κ2) is 4.92. The number of hydrogen-bond donors (Lipinski definition) is 3. The summed E-state index contributed by atoms with van der Waals surface area (Å²) in [4.78, 5) is 22.8. The normalized spacial score (nSPS) is 21.3. The highest BCUT2D eigenvalue weighted by Crippen LogP contribution is 2.37. The highest BCUT2D eigenvalue weighted by atomic mass is 16.6. The molecular weight excluding hydrogens is 262 g/mol. The molecule has 7 nitrogen and oxygen atoms in total. The molecule has 0 aliphatic carbocycles. The van der Waals surface area contributed by atoms with Crippen molar-refractivity contribution in [2.24, 2.45) is 0 Å². The molecule has 0 bridgehead atoms. The summed E-state index contributed by atoms with van der Waals surface area (Å²) in [6.45, 7) is 0.973. The van der Waals surface area contributed by atoms with Gasteiger partial charge in [0.1, 0.15) is 19.3 Å². The number of nitrogen functional groups attached to an aromatic ring is 1. The van der Waals surface area contributed by atoms with E-state index < -0.39 is 6.04 Å². The topological polar surface area (TPSA) is 103 Å². The van der Waals surface area contributed by atoms with Gasteiger partial charge >= 0.3 is 0 Å². The van der Waals surface area contributed by atoms with Crippen LogP contribution in [0.5, 0.6) is 11.5 Å². The molecule has 2 aliphatic heterocycles. The fourth-order valence-corrected chi connectivity index (χ4v) is 2.25. The Balaban J connectivity index is 1.80. The smallest absolute Gasteiger partial charge is 0.249 e. The Morgan fingerprint density at radius 2 is 1.90 bits per heavy atom. The van der Waals surface area contributed by atoms with Gasteiger partial charge in [0.15, 0.2) is 11.5 Å². The number of imide groups is 1. The Kier molecular flexibility index (Phi) is 3.09. The van der Waals surface area contributed by atoms with Crippen LogP contribution in [0, 0.1) is 0 Å². The van der Waals surface area contributed by atoms with Crippen LogP contribution in [0.15, 0.2) is 12.1 Å². The lowest BCUT2D eigenvalue weighted by atomic mass is 10.1. The molecule has 7 heteroatoms. The van der Waals surface area contributed by atoms with E-state index >= 15 is 0 Å². The van der Waals surface area contributed by atoms with E-state index in [9.17, 15) is 9.59 Å². The molecule has 1 saturated heterocycles. The first-order chi connectivity index (χ1) is 9.63. The number of piperidine rings is 1. The van der Waals surface area contributed by atoms with Crippen molar-refractivity contribution in [1.82, 2.24) is 5.32 Å². The Morgan fingerprint density at radius 3 is 2.60 bits per heavy atom. The lowest BCUT2D eigenvalue weighted by Crippen LogP contribution is -2.47. The first-order valence-corrected chi connectivity index (χ1v) is 6.43. The molecule has 0 saturated carbocycles. The summed E-state index contributed by atoms with van der Waals surface area (Å²) in [5.74, 6) is 0.613. The number of rotatable bonds is 2. The lowest BCUT2D eigenvalue weighted by Gasteiger charge is -2.25. The van der Waals surface area contributed by atoms with Crippen LogP contribution in [-0.4, -0.2) is 31.1 Å². The van der Waals surface area contributed by atoms with Gasteiger partial charge in [0.2, 0.25) is 11.8 Å². The second-order valence-corrected chi connectivity index (χ2v) is 4.73.